The summed E-state index contributed by atoms with van der Waals surface area (Å²) in [4.78, 5) is 20.7. The molecule has 0 heterocycles. The molecule has 0 rings (SSSR count). The maximum absolute atomic E-state index is 10.4. The van der Waals surface area contributed by atoms with Crippen molar-refractivity contribution < 1.29 is 19.8 Å². The molecule has 0 aromatic heterocycles. The minimum Gasteiger partial charge on any atom is -0.480 e. The molecular formula is C8H16N2O4. The molecule has 0 aliphatic heterocycles. The van der Waals surface area contributed by atoms with Gasteiger partial charge in [0.15, 0.2) is 0 Å². The molecule has 0 aromatic rings. The Morgan fingerprint density at radius 3 is 1.50 bits per heavy atom. The molecule has 0 saturated carbocycles. The summed E-state index contributed by atoms with van der Waals surface area (Å²) in [7, 11) is 0. The Kier molecular flexibility index (Phi) is 5.82. The first kappa shape index (κ1) is 12.9. The maximum Gasteiger partial charge on any atom is 0.320 e. The Hall–Kier alpha value is -1.14. The highest BCUT2D eigenvalue weighted by molar-refractivity contribution is 5.73. The lowest BCUT2D eigenvalue weighted by atomic mass is 10.3. The lowest BCUT2D eigenvalue weighted by Crippen LogP contribution is -2.42. The fraction of sp³-hybridized carbons (Fsp3) is 0.750. The summed E-state index contributed by atoms with van der Waals surface area (Å²) in [5.41, 5.74) is 0. The zero-order valence-electron chi connectivity index (χ0n) is 8.28. The summed E-state index contributed by atoms with van der Waals surface area (Å²) < 4.78 is 0. The number of aliphatic carboxylic acids is 2. The summed E-state index contributed by atoms with van der Waals surface area (Å²) in [6.07, 6.45) is 0. The highest BCUT2D eigenvalue weighted by atomic mass is 16.4. The second kappa shape index (κ2) is 6.33. The van der Waals surface area contributed by atoms with Crippen LogP contribution in [-0.4, -0.2) is 47.3 Å². The molecule has 0 saturated heterocycles. The monoisotopic (exact) mass is 204 g/mol. The van der Waals surface area contributed by atoms with Crippen molar-refractivity contribution in [2.24, 2.45) is 0 Å². The molecule has 14 heavy (non-hydrogen) atoms. The molecule has 4 N–H and O–H groups in total. The van der Waals surface area contributed by atoms with E-state index in [0.717, 1.165) is 0 Å². The first-order valence-electron chi connectivity index (χ1n) is 4.37. The second-order valence-electron chi connectivity index (χ2n) is 3.03. The van der Waals surface area contributed by atoms with Crippen LogP contribution < -0.4 is 10.6 Å². The Morgan fingerprint density at radius 2 is 1.29 bits per heavy atom. The predicted molar refractivity (Wildman–Crippen MR) is 50.2 cm³/mol. The van der Waals surface area contributed by atoms with Crippen molar-refractivity contribution in [1.29, 1.82) is 0 Å². The number of hydrogen-bond donors (Lipinski definition) is 4. The molecule has 82 valence electrons. The van der Waals surface area contributed by atoms with Crippen LogP contribution in [0.4, 0.5) is 0 Å². The fourth-order valence-corrected chi connectivity index (χ4v) is 0.752. The van der Waals surface area contributed by atoms with E-state index in [1.807, 2.05) is 0 Å². The van der Waals surface area contributed by atoms with Crippen LogP contribution in [0.2, 0.25) is 0 Å². The lowest BCUT2D eigenvalue weighted by molar-refractivity contribution is -0.140. The maximum atomic E-state index is 10.4. The van der Waals surface area contributed by atoms with Crippen molar-refractivity contribution in [3.05, 3.63) is 0 Å². The largest absolute Gasteiger partial charge is 0.480 e. The van der Waals surface area contributed by atoms with Crippen molar-refractivity contribution in [3.8, 4) is 0 Å². The zero-order valence-corrected chi connectivity index (χ0v) is 8.28. The van der Waals surface area contributed by atoms with Crippen LogP contribution in [0.5, 0.6) is 0 Å². The summed E-state index contributed by atoms with van der Waals surface area (Å²) in [5.74, 6) is -1.84. The molecule has 0 aliphatic carbocycles. The van der Waals surface area contributed by atoms with Gasteiger partial charge in [0.1, 0.15) is 12.1 Å². The molecule has 0 radical (unpaired) electrons. The number of nitrogens with one attached hydrogen (secondary N) is 2. The van der Waals surface area contributed by atoms with Crippen molar-refractivity contribution in [2.75, 3.05) is 13.1 Å². The van der Waals surface area contributed by atoms with Gasteiger partial charge in [-0.1, -0.05) is 0 Å². The minimum atomic E-state index is -0.920. The Bertz CT molecular complexity index is 186. The van der Waals surface area contributed by atoms with Crippen LogP contribution >= 0.6 is 0 Å². The van der Waals surface area contributed by atoms with Crippen LogP contribution in [0.25, 0.3) is 0 Å². The minimum absolute atomic E-state index is 0.422. The first-order valence-corrected chi connectivity index (χ1v) is 4.37. The van der Waals surface area contributed by atoms with Crippen molar-refractivity contribution >= 4 is 11.9 Å². The van der Waals surface area contributed by atoms with E-state index in [-0.39, 0.29) is 0 Å². The Balaban J connectivity index is 3.47. The van der Waals surface area contributed by atoms with Gasteiger partial charge in [-0.2, -0.15) is 0 Å². The topological polar surface area (TPSA) is 98.7 Å². The molecule has 0 bridgehead atoms. The van der Waals surface area contributed by atoms with E-state index in [1.54, 1.807) is 0 Å². The van der Waals surface area contributed by atoms with Gasteiger partial charge in [0, 0.05) is 13.1 Å². The second-order valence-corrected chi connectivity index (χ2v) is 3.03. The Labute approximate surface area is 82.3 Å². The van der Waals surface area contributed by atoms with Gasteiger partial charge in [-0.05, 0) is 13.8 Å². The quantitative estimate of drug-likeness (QED) is 0.402. The van der Waals surface area contributed by atoms with Crippen molar-refractivity contribution in [3.63, 3.8) is 0 Å². The smallest absolute Gasteiger partial charge is 0.320 e. The van der Waals surface area contributed by atoms with Crippen LogP contribution in [0.15, 0.2) is 0 Å². The zero-order chi connectivity index (χ0) is 11.1. The molecule has 0 aliphatic rings. The molecule has 1 unspecified atom stereocenters. The van der Waals surface area contributed by atoms with E-state index >= 15 is 0 Å². The van der Waals surface area contributed by atoms with Crippen molar-refractivity contribution in [2.45, 2.75) is 25.9 Å². The van der Waals surface area contributed by atoms with Crippen LogP contribution in [0, 0.1) is 0 Å². The van der Waals surface area contributed by atoms with E-state index in [0.29, 0.717) is 13.1 Å². The summed E-state index contributed by atoms with van der Waals surface area (Å²) in [6, 6.07) is -1.23. The molecule has 6 heteroatoms. The van der Waals surface area contributed by atoms with Crippen LogP contribution in [0.1, 0.15) is 13.8 Å². The third-order valence-corrected chi connectivity index (χ3v) is 1.77. The van der Waals surface area contributed by atoms with E-state index in [2.05, 4.69) is 10.6 Å². The van der Waals surface area contributed by atoms with Crippen molar-refractivity contribution in [1.82, 2.24) is 10.6 Å². The molecule has 0 fully saturated rings. The summed E-state index contributed by atoms with van der Waals surface area (Å²) in [5, 5.41) is 22.4. The molecular weight excluding hydrogens is 188 g/mol. The first-order chi connectivity index (χ1) is 6.45. The predicted octanol–water partition coefficient (Wildman–Crippen LogP) is -0.888. The average molecular weight is 204 g/mol. The summed E-state index contributed by atoms with van der Waals surface area (Å²) in [6.45, 7) is 3.90. The van der Waals surface area contributed by atoms with Gasteiger partial charge in [0.05, 0.1) is 0 Å². The van der Waals surface area contributed by atoms with Gasteiger partial charge >= 0.3 is 11.9 Å². The van der Waals surface area contributed by atoms with Gasteiger partial charge in [-0.3, -0.25) is 9.59 Å². The number of rotatable bonds is 7. The van der Waals surface area contributed by atoms with Gasteiger partial charge < -0.3 is 20.8 Å². The van der Waals surface area contributed by atoms with E-state index < -0.39 is 24.0 Å². The molecule has 2 atom stereocenters. The van der Waals surface area contributed by atoms with Gasteiger partial charge in [0.2, 0.25) is 0 Å². The molecule has 0 aromatic carbocycles. The number of carboxylic acid groups (broad SMARTS) is 2. The third-order valence-electron chi connectivity index (χ3n) is 1.77. The Morgan fingerprint density at radius 1 is 1.00 bits per heavy atom. The normalized spacial score (nSPS) is 14.7. The standard InChI is InChI=1S/C8H16N2O4/c1-5(7(11)12)9-3-4-10-6(2)8(13)14/h5-6,9-10H,3-4H2,1-2H3,(H,11,12)(H,13,14)/t5-,6?/m0/s1. The lowest BCUT2D eigenvalue weighted by Gasteiger charge is -2.11. The van der Waals surface area contributed by atoms with E-state index in [4.69, 9.17) is 10.2 Å². The summed E-state index contributed by atoms with van der Waals surface area (Å²) >= 11 is 0. The fourth-order valence-electron chi connectivity index (χ4n) is 0.752. The SMILES string of the molecule is CC(NCCN[C@@H](C)C(=O)O)C(=O)O. The molecule has 0 amide bonds. The van der Waals surface area contributed by atoms with Gasteiger partial charge in [-0.15, -0.1) is 0 Å². The highest BCUT2D eigenvalue weighted by Gasteiger charge is 2.11. The van der Waals surface area contributed by atoms with Crippen LogP contribution in [-0.2, 0) is 9.59 Å². The van der Waals surface area contributed by atoms with Gasteiger partial charge in [0.25, 0.3) is 0 Å². The van der Waals surface area contributed by atoms with Crippen LogP contribution in [0.3, 0.4) is 0 Å². The average Bonchev–Trinajstić information content (AvgIpc) is 2.11. The van der Waals surface area contributed by atoms with Gasteiger partial charge in [-0.25, -0.2) is 0 Å². The number of hydrogen-bond acceptors (Lipinski definition) is 4. The van der Waals surface area contributed by atoms with E-state index in [9.17, 15) is 9.59 Å². The number of carbonyl (C=O) groups is 2. The number of carboxylic acids is 2. The van der Waals surface area contributed by atoms with E-state index in [1.165, 1.54) is 13.8 Å². The third kappa shape index (κ3) is 5.50. The molecule has 6 nitrogen and oxygen atoms in total. The highest BCUT2D eigenvalue weighted by Crippen LogP contribution is 1.81. The molecule has 0 spiro atoms.